The largest absolute Gasteiger partial charge is 0.478 e. The van der Waals surface area contributed by atoms with Crippen LogP contribution in [0, 0.1) is 0 Å². The van der Waals surface area contributed by atoms with Gasteiger partial charge in [-0.1, -0.05) is 60.7 Å². The van der Waals surface area contributed by atoms with Crippen molar-refractivity contribution in [1.29, 1.82) is 0 Å². The molecule has 0 bridgehead atoms. The summed E-state index contributed by atoms with van der Waals surface area (Å²) in [4.78, 5) is 22.2. The maximum atomic E-state index is 11.1. The third-order valence-electron chi connectivity index (χ3n) is 5.94. The Morgan fingerprint density at radius 3 is 1.13 bits per heavy atom. The van der Waals surface area contributed by atoms with E-state index in [0.29, 0.717) is 23.0 Å². The first-order chi connectivity index (χ1) is 18.5. The lowest BCUT2D eigenvalue weighted by atomic mass is 9.99. The minimum absolute atomic E-state index is 0.197. The number of carboxylic acids is 2. The zero-order valence-electron chi connectivity index (χ0n) is 20.1. The number of para-hydroxylation sites is 2. The van der Waals surface area contributed by atoms with Gasteiger partial charge < -0.3 is 19.7 Å². The smallest absolute Gasteiger partial charge is 0.335 e. The van der Waals surface area contributed by atoms with Gasteiger partial charge in [0.05, 0.1) is 11.1 Å². The number of ether oxygens (including phenoxy) is 2. The topological polar surface area (TPSA) is 93.1 Å². The Morgan fingerprint density at radius 1 is 0.447 bits per heavy atom. The van der Waals surface area contributed by atoms with E-state index in [-0.39, 0.29) is 11.1 Å². The van der Waals surface area contributed by atoms with Crippen LogP contribution in [0.2, 0.25) is 0 Å². The SMILES string of the molecule is O=C(O)c1ccc(Oc2ccccc2-c2ccc(-c3ccccc3Oc3ccc(C(=O)O)cc3)cc2)cc1. The van der Waals surface area contributed by atoms with E-state index in [0.717, 1.165) is 22.3 Å². The van der Waals surface area contributed by atoms with Crippen molar-refractivity contribution in [2.75, 3.05) is 0 Å². The van der Waals surface area contributed by atoms with Crippen molar-refractivity contribution < 1.29 is 29.3 Å². The van der Waals surface area contributed by atoms with Crippen molar-refractivity contribution in [3.8, 4) is 45.3 Å². The summed E-state index contributed by atoms with van der Waals surface area (Å²) < 4.78 is 12.1. The Hall–Kier alpha value is -5.36. The minimum Gasteiger partial charge on any atom is -0.478 e. The molecule has 6 nitrogen and oxygen atoms in total. The molecular formula is C32H22O6. The van der Waals surface area contributed by atoms with Crippen molar-refractivity contribution in [1.82, 2.24) is 0 Å². The molecule has 2 N–H and O–H groups in total. The summed E-state index contributed by atoms with van der Waals surface area (Å²) in [6.07, 6.45) is 0. The van der Waals surface area contributed by atoms with Crippen LogP contribution in [-0.4, -0.2) is 22.2 Å². The second-order valence-electron chi connectivity index (χ2n) is 8.43. The molecule has 186 valence electrons. The number of rotatable bonds is 8. The van der Waals surface area contributed by atoms with E-state index in [2.05, 4.69) is 0 Å². The molecule has 0 saturated carbocycles. The van der Waals surface area contributed by atoms with Crippen LogP contribution < -0.4 is 9.47 Å². The quantitative estimate of drug-likeness (QED) is 0.223. The van der Waals surface area contributed by atoms with E-state index in [4.69, 9.17) is 19.7 Å². The second kappa shape index (κ2) is 10.7. The van der Waals surface area contributed by atoms with Crippen molar-refractivity contribution in [2.45, 2.75) is 0 Å². The Labute approximate surface area is 219 Å². The highest BCUT2D eigenvalue weighted by Crippen LogP contribution is 2.37. The molecule has 5 aromatic rings. The van der Waals surface area contributed by atoms with Gasteiger partial charge in [-0.2, -0.15) is 0 Å². The number of hydrogen-bond acceptors (Lipinski definition) is 4. The first-order valence-electron chi connectivity index (χ1n) is 11.8. The van der Waals surface area contributed by atoms with Crippen LogP contribution in [0.15, 0.2) is 121 Å². The average Bonchev–Trinajstić information content (AvgIpc) is 2.94. The van der Waals surface area contributed by atoms with Crippen LogP contribution in [0.4, 0.5) is 0 Å². The number of benzene rings is 5. The number of aromatic carboxylic acids is 2. The van der Waals surface area contributed by atoms with E-state index in [1.165, 1.54) is 24.3 Å². The summed E-state index contributed by atoms with van der Waals surface area (Å²) in [6.45, 7) is 0. The minimum atomic E-state index is -0.986. The maximum absolute atomic E-state index is 11.1. The summed E-state index contributed by atoms with van der Waals surface area (Å²) in [5.41, 5.74) is 4.09. The first kappa shape index (κ1) is 24.3. The third kappa shape index (κ3) is 5.39. The Balaban J connectivity index is 1.39. The predicted octanol–water partition coefficient (Wildman–Crippen LogP) is 8.00. The van der Waals surface area contributed by atoms with E-state index >= 15 is 0 Å². The zero-order valence-corrected chi connectivity index (χ0v) is 20.1. The fraction of sp³-hybridized carbons (Fsp3) is 0. The standard InChI is InChI=1S/C32H22O6/c33-31(34)23-13-17-25(18-14-23)37-29-7-3-1-5-27(29)21-9-11-22(12-10-21)28-6-2-4-8-30(28)38-26-19-15-24(16-20-26)32(35)36/h1-20H,(H,33,34)(H,35,36). The molecule has 0 fully saturated rings. The Morgan fingerprint density at radius 2 is 0.789 bits per heavy atom. The van der Waals surface area contributed by atoms with Gasteiger partial charge in [-0.3, -0.25) is 0 Å². The lowest BCUT2D eigenvalue weighted by Crippen LogP contribution is -1.95. The molecule has 0 saturated heterocycles. The molecule has 5 rings (SSSR count). The van der Waals surface area contributed by atoms with Crippen LogP contribution in [0.25, 0.3) is 22.3 Å². The van der Waals surface area contributed by atoms with Crippen LogP contribution in [-0.2, 0) is 0 Å². The first-order valence-corrected chi connectivity index (χ1v) is 11.8. The Bertz CT molecular complexity index is 1470. The summed E-state index contributed by atoms with van der Waals surface area (Å²) >= 11 is 0. The lowest BCUT2D eigenvalue weighted by molar-refractivity contribution is 0.0686. The summed E-state index contributed by atoms with van der Waals surface area (Å²) in [5.74, 6) is 0.414. The van der Waals surface area contributed by atoms with Crippen LogP contribution in [0.3, 0.4) is 0 Å². The zero-order chi connectivity index (χ0) is 26.5. The molecule has 0 aromatic heterocycles. The van der Waals surface area contributed by atoms with E-state index in [1.54, 1.807) is 24.3 Å². The van der Waals surface area contributed by atoms with Gasteiger partial charge in [0.25, 0.3) is 0 Å². The van der Waals surface area contributed by atoms with Crippen molar-refractivity contribution in [3.63, 3.8) is 0 Å². The van der Waals surface area contributed by atoms with Crippen LogP contribution in [0.1, 0.15) is 20.7 Å². The van der Waals surface area contributed by atoms with Gasteiger partial charge in [0.15, 0.2) is 0 Å². The van der Waals surface area contributed by atoms with Gasteiger partial charge in [0, 0.05) is 11.1 Å². The molecule has 0 aliphatic heterocycles. The molecule has 0 atom stereocenters. The van der Waals surface area contributed by atoms with Gasteiger partial charge in [0.1, 0.15) is 23.0 Å². The molecule has 0 unspecified atom stereocenters. The fourth-order valence-corrected chi connectivity index (χ4v) is 4.00. The molecule has 0 amide bonds. The maximum Gasteiger partial charge on any atom is 0.335 e. The van der Waals surface area contributed by atoms with Crippen molar-refractivity contribution in [3.05, 3.63) is 132 Å². The summed E-state index contributed by atoms with van der Waals surface area (Å²) in [6, 6.07) is 35.9. The van der Waals surface area contributed by atoms with E-state index < -0.39 is 11.9 Å². The number of hydrogen-bond donors (Lipinski definition) is 2. The molecule has 0 spiro atoms. The van der Waals surface area contributed by atoms with Gasteiger partial charge in [0.2, 0.25) is 0 Å². The normalized spacial score (nSPS) is 10.5. The third-order valence-corrected chi connectivity index (χ3v) is 5.94. The molecule has 0 radical (unpaired) electrons. The molecule has 6 heteroatoms. The van der Waals surface area contributed by atoms with E-state index in [9.17, 15) is 9.59 Å². The van der Waals surface area contributed by atoms with Gasteiger partial charge in [-0.05, 0) is 71.8 Å². The summed E-state index contributed by atoms with van der Waals surface area (Å²) in [5, 5.41) is 18.2. The number of carbonyl (C=O) groups is 2. The average molecular weight is 503 g/mol. The second-order valence-corrected chi connectivity index (χ2v) is 8.43. The fourth-order valence-electron chi connectivity index (χ4n) is 4.00. The predicted molar refractivity (Wildman–Crippen MR) is 144 cm³/mol. The van der Waals surface area contributed by atoms with Crippen molar-refractivity contribution in [2.24, 2.45) is 0 Å². The molecule has 0 aliphatic rings. The molecule has 0 heterocycles. The molecule has 0 aliphatic carbocycles. The van der Waals surface area contributed by atoms with Gasteiger partial charge in [-0.25, -0.2) is 9.59 Å². The van der Waals surface area contributed by atoms with E-state index in [1.807, 2.05) is 72.8 Å². The molecule has 5 aromatic carbocycles. The lowest BCUT2D eigenvalue weighted by Gasteiger charge is -2.14. The van der Waals surface area contributed by atoms with Crippen LogP contribution >= 0.6 is 0 Å². The van der Waals surface area contributed by atoms with Gasteiger partial charge in [-0.15, -0.1) is 0 Å². The highest BCUT2D eigenvalue weighted by molar-refractivity contribution is 5.88. The number of carboxylic acid groups (broad SMARTS) is 2. The summed E-state index contributed by atoms with van der Waals surface area (Å²) in [7, 11) is 0. The highest BCUT2D eigenvalue weighted by atomic mass is 16.5. The monoisotopic (exact) mass is 502 g/mol. The van der Waals surface area contributed by atoms with Crippen molar-refractivity contribution >= 4 is 11.9 Å². The molecule has 38 heavy (non-hydrogen) atoms. The van der Waals surface area contributed by atoms with Gasteiger partial charge >= 0.3 is 11.9 Å². The molecular weight excluding hydrogens is 480 g/mol. The van der Waals surface area contributed by atoms with Crippen LogP contribution in [0.5, 0.6) is 23.0 Å². The Kier molecular flexibility index (Phi) is 6.87. The highest BCUT2D eigenvalue weighted by Gasteiger charge is 2.11.